The van der Waals surface area contributed by atoms with Crippen molar-refractivity contribution in [2.45, 2.75) is 59.1 Å². The van der Waals surface area contributed by atoms with Gasteiger partial charge < -0.3 is 19.5 Å². The van der Waals surface area contributed by atoms with Crippen LogP contribution in [0.3, 0.4) is 0 Å². The minimum Gasteiger partial charge on any atom is -0.493 e. The highest BCUT2D eigenvalue weighted by Gasteiger charge is 2.30. The van der Waals surface area contributed by atoms with Crippen molar-refractivity contribution in [3.63, 3.8) is 0 Å². The first kappa shape index (κ1) is 21.1. The Morgan fingerprint density at radius 2 is 1.96 bits per heavy atom. The van der Waals surface area contributed by atoms with Crippen LogP contribution >= 0.6 is 0 Å². The van der Waals surface area contributed by atoms with E-state index in [9.17, 15) is 9.59 Å². The summed E-state index contributed by atoms with van der Waals surface area (Å²) in [5, 5.41) is 3.04. The number of methoxy groups -OCH3 is 1. The lowest BCUT2D eigenvalue weighted by Gasteiger charge is -2.35. The van der Waals surface area contributed by atoms with Gasteiger partial charge in [0.25, 0.3) is 5.91 Å². The van der Waals surface area contributed by atoms with E-state index in [1.54, 1.807) is 25.1 Å². The fraction of sp³-hybridized carbons (Fsp3) is 0.619. The fourth-order valence-electron chi connectivity index (χ4n) is 3.44. The van der Waals surface area contributed by atoms with Gasteiger partial charge in [-0.05, 0) is 50.3 Å². The predicted molar refractivity (Wildman–Crippen MR) is 103 cm³/mol. The maximum absolute atomic E-state index is 12.5. The second kappa shape index (κ2) is 9.62. The smallest absolute Gasteiger partial charge is 0.339 e. The van der Waals surface area contributed by atoms with Crippen molar-refractivity contribution in [2.24, 2.45) is 11.8 Å². The number of esters is 1. The molecule has 0 radical (unpaired) electrons. The van der Waals surface area contributed by atoms with Crippen LogP contribution in [0, 0.1) is 11.8 Å². The van der Waals surface area contributed by atoms with E-state index in [-0.39, 0.29) is 11.9 Å². The third-order valence-corrected chi connectivity index (χ3v) is 5.39. The van der Waals surface area contributed by atoms with Crippen molar-refractivity contribution in [2.75, 3.05) is 13.7 Å². The minimum atomic E-state index is -0.862. The molecule has 1 fully saturated rings. The molecule has 27 heavy (non-hydrogen) atoms. The molecule has 0 aliphatic heterocycles. The third-order valence-electron chi connectivity index (χ3n) is 5.39. The lowest BCUT2D eigenvalue weighted by Crippen LogP contribution is -2.47. The van der Waals surface area contributed by atoms with E-state index in [1.165, 1.54) is 13.5 Å². The van der Waals surface area contributed by atoms with Gasteiger partial charge in [-0.2, -0.15) is 0 Å². The SMILES string of the molecule is CCOc1cc(C(=O)O[C@H](C)C(=O)N[C@H]2CCC[C@H](C)[C@@H]2C)ccc1OC. The highest BCUT2D eigenvalue weighted by Crippen LogP contribution is 2.30. The van der Waals surface area contributed by atoms with E-state index < -0.39 is 12.1 Å². The number of rotatable bonds is 7. The highest BCUT2D eigenvalue weighted by molar-refractivity contribution is 5.92. The van der Waals surface area contributed by atoms with Crippen molar-refractivity contribution < 1.29 is 23.8 Å². The Hall–Kier alpha value is -2.24. The van der Waals surface area contributed by atoms with Crippen LogP contribution in [0.5, 0.6) is 11.5 Å². The van der Waals surface area contributed by atoms with Crippen molar-refractivity contribution in [1.29, 1.82) is 0 Å². The highest BCUT2D eigenvalue weighted by atomic mass is 16.5. The van der Waals surface area contributed by atoms with Gasteiger partial charge >= 0.3 is 5.97 Å². The van der Waals surface area contributed by atoms with Crippen LogP contribution < -0.4 is 14.8 Å². The van der Waals surface area contributed by atoms with Gasteiger partial charge in [0.2, 0.25) is 0 Å². The molecule has 1 aromatic rings. The summed E-state index contributed by atoms with van der Waals surface area (Å²) in [5.74, 6) is 1.19. The van der Waals surface area contributed by atoms with E-state index in [4.69, 9.17) is 14.2 Å². The van der Waals surface area contributed by atoms with Gasteiger partial charge in [-0.3, -0.25) is 4.79 Å². The number of carbonyl (C=O) groups excluding carboxylic acids is 2. The second-order valence-electron chi connectivity index (χ2n) is 7.23. The van der Waals surface area contributed by atoms with Crippen LogP contribution in [0.25, 0.3) is 0 Å². The normalized spacial score (nSPS) is 23.2. The largest absolute Gasteiger partial charge is 0.493 e. The third kappa shape index (κ3) is 5.37. The summed E-state index contributed by atoms with van der Waals surface area (Å²) in [7, 11) is 1.54. The number of amides is 1. The summed E-state index contributed by atoms with van der Waals surface area (Å²) < 4.78 is 16.1. The summed E-state index contributed by atoms with van der Waals surface area (Å²) in [6.07, 6.45) is 2.40. The maximum Gasteiger partial charge on any atom is 0.339 e. The van der Waals surface area contributed by atoms with Crippen LogP contribution in [0.1, 0.15) is 57.3 Å². The molecular weight excluding hydrogens is 346 g/mol. The molecule has 6 heteroatoms. The lowest BCUT2D eigenvalue weighted by atomic mass is 9.78. The monoisotopic (exact) mass is 377 g/mol. The fourth-order valence-corrected chi connectivity index (χ4v) is 3.44. The number of hydrogen-bond acceptors (Lipinski definition) is 5. The van der Waals surface area contributed by atoms with E-state index >= 15 is 0 Å². The van der Waals surface area contributed by atoms with Gasteiger partial charge in [-0.15, -0.1) is 0 Å². The zero-order valence-electron chi connectivity index (χ0n) is 16.9. The van der Waals surface area contributed by atoms with E-state index in [0.717, 1.165) is 12.8 Å². The zero-order chi connectivity index (χ0) is 20.0. The first-order valence-corrected chi connectivity index (χ1v) is 9.69. The molecule has 1 aromatic carbocycles. The molecule has 4 atom stereocenters. The Morgan fingerprint density at radius 3 is 2.63 bits per heavy atom. The average Bonchev–Trinajstić information content (AvgIpc) is 2.65. The van der Waals surface area contributed by atoms with Crippen molar-refractivity contribution in [3.8, 4) is 11.5 Å². The molecule has 6 nitrogen and oxygen atoms in total. The summed E-state index contributed by atoms with van der Waals surface area (Å²) in [6, 6.07) is 4.95. The molecule has 0 unspecified atom stereocenters. The molecule has 0 spiro atoms. The number of benzene rings is 1. The molecule has 150 valence electrons. The summed E-state index contributed by atoms with van der Waals surface area (Å²) >= 11 is 0. The van der Waals surface area contributed by atoms with Crippen LogP contribution in [-0.2, 0) is 9.53 Å². The molecule has 2 rings (SSSR count). The summed E-state index contributed by atoms with van der Waals surface area (Å²) in [4.78, 5) is 24.9. The molecular formula is C21H31NO5. The molecule has 0 bridgehead atoms. The minimum absolute atomic E-state index is 0.132. The Morgan fingerprint density at radius 1 is 1.22 bits per heavy atom. The van der Waals surface area contributed by atoms with Gasteiger partial charge in [-0.25, -0.2) is 4.79 Å². The van der Waals surface area contributed by atoms with E-state index in [2.05, 4.69) is 19.2 Å². The number of carbonyl (C=O) groups is 2. The molecule has 0 saturated heterocycles. The first-order chi connectivity index (χ1) is 12.9. The molecule has 1 aliphatic carbocycles. The molecule has 0 heterocycles. The maximum atomic E-state index is 12.5. The topological polar surface area (TPSA) is 73.9 Å². The van der Waals surface area contributed by atoms with Crippen LogP contribution in [0.2, 0.25) is 0 Å². The predicted octanol–water partition coefficient (Wildman–Crippen LogP) is 3.58. The molecule has 0 aromatic heterocycles. The molecule has 1 amide bonds. The Balaban J connectivity index is 1.98. The van der Waals surface area contributed by atoms with E-state index in [0.29, 0.717) is 35.5 Å². The number of hydrogen-bond donors (Lipinski definition) is 1. The Bertz CT molecular complexity index is 660. The number of ether oxygens (including phenoxy) is 3. The Kier molecular flexibility index (Phi) is 7.51. The first-order valence-electron chi connectivity index (χ1n) is 9.69. The lowest BCUT2D eigenvalue weighted by molar-refractivity contribution is -0.130. The van der Waals surface area contributed by atoms with Crippen LogP contribution in [0.15, 0.2) is 18.2 Å². The number of nitrogens with one attached hydrogen (secondary N) is 1. The van der Waals surface area contributed by atoms with Gasteiger partial charge in [0.1, 0.15) is 0 Å². The standard InChI is InChI=1S/C21H31NO5/c1-6-26-19-12-16(10-11-18(19)25-5)21(24)27-15(4)20(23)22-17-9-7-8-13(2)14(17)3/h10-15,17H,6-9H2,1-5H3,(H,22,23)/t13-,14-,15+,17-/m0/s1. The van der Waals surface area contributed by atoms with Crippen LogP contribution in [-0.4, -0.2) is 37.7 Å². The summed E-state index contributed by atoms with van der Waals surface area (Å²) in [6.45, 7) is 8.27. The van der Waals surface area contributed by atoms with Crippen LogP contribution in [0.4, 0.5) is 0 Å². The van der Waals surface area contributed by atoms with Crippen molar-refractivity contribution in [3.05, 3.63) is 23.8 Å². The summed E-state index contributed by atoms with van der Waals surface area (Å²) in [5.41, 5.74) is 0.318. The van der Waals surface area contributed by atoms with Gasteiger partial charge in [0.05, 0.1) is 19.3 Å². The van der Waals surface area contributed by atoms with Gasteiger partial charge in [0, 0.05) is 6.04 Å². The Labute approximate surface area is 161 Å². The second-order valence-corrected chi connectivity index (χ2v) is 7.23. The molecule has 1 saturated carbocycles. The van der Waals surface area contributed by atoms with E-state index in [1.807, 2.05) is 6.92 Å². The van der Waals surface area contributed by atoms with Gasteiger partial charge in [0.15, 0.2) is 17.6 Å². The van der Waals surface area contributed by atoms with Crippen molar-refractivity contribution in [1.82, 2.24) is 5.32 Å². The van der Waals surface area contributed by atoms with Crippen molar-refractivity contribution >= 4 is 11.9 Å². The van der Waals surface area contributed by atoms with Gasteiger partial charge in [-0.1, -0.05) is 26.7 Å². The molecule has 1 aliphatic rings. The zero-order valence-corrected chi connectivity index (χ0v) is 16.9. The quantitative estimate of drug-likeness (QED) is 0.735. The molecule has 1 N–H and O–H groups in total. The average molecular weight is 377 g/mol.